The van der Waals surface area contributed by atoms with Gasteiger partial charge in [0.05, 0.1) is 34.6 Å². The van der Waals surface area contributed by atoms with Gasteiger partial charge in [0.25, 0.3) is 5.19 Å². The average Bonchev–Trinajstić information content (AvgIpc) is 3.23. The smallest absolute Gasteiger partial charge is 0.310 e. The van der Waals surface area contributed by atoms with Crippen LogP contribution in [0.4, 0.5) is 0 Å². The SMILES string of the molecule is Cc1ccc2nc(O[C@@H]3C[C@H]4C(=O)C[C@]5(C(=O)O)C[C@@H]5/C=C\CCCCC[C@H](CC(=O)OC(C)(C)C)C(=O)N4C3)sc2c1. The molecular formula is C33H42N2O7S. The van der Waals surface area contributed by atoms with Gasteiger partial charge < -0.3 is 19.5 Å². The molecule has 1 aromatic heterocycles. The number of ether oxygens (including phenoxy) is 2. The summed E-state index contributed by atoms with van der Waals surface area (Å²) in [5, 5.41) is 10.6. The maximum Gasteiger partial charge on any atom is 0.310 e. The molecule has 2 aromatic rings. The molecule has 5 atom stereocenters. The van der Waals surface area contributed by atoms with Crippen molar-refractivity contribution in [3.05, 3.63) is 35.9 Å². The molecule has 232 valence electrons. The molecule has 43 heavy (non-hydrogen) atoms. The van der Waals surface area contributed by atoms with E-state index in [-0.39, 0.29) is 43.4 Å². The lowest BCUT2D eigenvalue weighted by molar-refractivity contribution is -0.159. The summed E-state index contributed by atoms with van der Waals surface area (Å²) in [4.78, 5) is 59.4. The molecule has 1 saturated carbocycles. The number of carbonyl (C=O) groups is 4. The van der Waals surface area contributed by atoms with Crippen LogP contribution in [0.25, 0.3) is 10.2 Å². The molecule has 1 aliphatic carbocycles. The molecule has 0 unspecified atom stereocenters. The predicted octanol–water partition coefficient (Wildman–Crippen LogP) is 5.87. The second kappa shape index (κ2) is 12.4. The number of ketones is 1. The van der Waals surface area contributed by atoms with Crippen LogP contribution in [0.1, 0.15) is 84.1 Å². The Bertz CT molecular complexity index is 1430. The van der Waals surface area contributed by atoms with Crippen LogP contribution < -0.4 is 4.74 Å². The molecule has 9 nitrogen and oxygen atoms in total. The zero-order chi connectivity index (χ0) is 30.9. The van der Waals surface area contributed by atoms with Crippen LogP contribution in [0.2, 0.25) is 0 Å². The van der Waals surface area contributed by atoms with E-state index in [9.17, 15) is 24.3 Å². The first-order valence-corrected chi connectivity index (χ1v) is 16.2. The third kappa shape index (κ3) is 7.28. The Kier molecular flexibility index (Phi) is 8.97. The topological polar surface area (TPSA) is 123 Å². The van der Waals surface area contributed by atoms with Gasteiger partial charge in [0.1, 0.15) is 11.7 Å². The first kappa shape index (κ1) is 31.2. The summed E-state index contributed by atoms with van der Waals surface area (Å²) in [6.45, 7) is 7.55. The fourth-order valence-corrected chi connectivity index (χ4v) is 7.38. The molecule has 0 spiro atoms. The van der Waals surface area contributed by atoms with Crippen molar-refractivity contribution < 1.29 is 33.8 Å². The maximum absolute atomic E-state index is 14.2. The van der Waals surface area contributed by atoms with Crippen molar-refractivity contribution in [3.8, 4) is 5.19 Å². The molecule has 0 bridgehead atoms. The summed E-state index contributed by atoms with van der Waals surface area (Å²) >= 11 is 1.42. The van der Waals surface area contributed by atoms with Crippen LogP contribution in [0, 0.1) is 24.2 Å². The Morgan fingerprint density at radius 1 is 1.19 bits per heavy atom. The standard InChI is InChI=1S/C33H42N2O7S/c1-20-12-13-24-27(14-20)43-31(34-24)41-23-16-25-26(36)18-33(30(39)40)17-22(33)11-9-7-5-6-8-10-21(29(38)35(25)19-23)15-28(37)42-32(2,3)4/h9,11-14,21-23,25H,5-8,10,15-19H2,1-4H3,(H,39,40)/b11-9-/t21-,22+,23-,25+,33-/m1/s1. The molecule has 5 rings (SSSR count). The van der Waals surface area contributed by atoms with Crippen LogP contribution in [-0.4, -0.2) is 62.9 Å². The van der Waals surface area contributed by atoms with Crippen molar-refractivity contribution in [2.45, 2.75) is 103 Å². The molecule has 1 saturated heterocycles. The van der Waals surface area contributed by atoms with Crippen LogP contribution in [-0.2, 0) is 23.9 Å². The van der Waals surface area contributed by atoms with E-state index in [0.717, 1.165) is 41.5 Å². The van der Waals surface area contributed by atoms with E-state index in [2.05, 4.69) is 4.98 Å². The number of allylic oxidation sites excluding steroid dienone is 2. The maximum atomic E-state index is 14.2. The van der Waals surface area contributed by atoms with Crippen molar-refractivity contribution in [1.82, 2.24) is 9.88 Å². The number of hydrogen-bond acceptors (Lipinski definition) is 8. The molecule has 2 aliphatic heterocycles. The van der Waals surface area contributed by atoms with Crippen molar-refractivity contribution in [1.29, 1.82) is 0 Å². The minimum atomic E-state index is -1.14. The molecule has 0 radical (unpaired) electrons. The van der Waals surface area contributed by atoms with E-state index in [1.54, 1.807) is 25.7 Å². The first-order valence-electron chi connectivity index (χ1n) is 15.3. The van der Waals surface area contributed by atoms with Gasteiger partial charge in [0.15, 0.2) is 5.78 Å². The Morgan fingerprint density at radius 3 is 2.72 bits per heavy atom. The highest BCUT2D eigenvalue weighted by molar-refractivity contribution is 7.20. The number of rotatable bonds is 5. The number of hydrogen-bond donors (Lipinski definition) is 1. The van der Waals surface area contributed by atoms with Crippen LogP contribution >= 0.6 is 11.3 Å². The molecular weight excluding hydrogens is 568 g/mol. The Morgan fingerprint density at radius 2 is 1.98 bits per heavy atom. The number of benzene rings is 1. The number of carbonyl (C=O) groups excluding carboxylic acids is 3. The largest absolute Gasteiger partial charge is 0.481 e. The van der Waals surface area contributed by atoms with Crippen LogP contribution in [0.5, 0.6) is 5.19 Å². The van der Waals surface area contributed by atoms with Gasteiger partial charge in [-0.2, -0.15) is 0 Å². The summed E-state index contributed by atoms with van der Waals surface area (Å²) < 4.78 is 12.8. The Labute approximate surface area is 256 Å². The lowest BCUT2D eigenvalue weighted by Crippen LogP contribution is -2.45. The minimum absolute atomic E-state index is 0.0721. The summed E-state index contributed by atoms with van der Waals surface area (Å²) in [5.74, 6) is -2.81. The van der Waals surface area contributed by atoms with Gasteiger partial charge in [-0.3, -0.25) is 19.2 Å². The second-order valence-electron chi connectivity index (χ2n) is 13.4. The number of amides is 1. The Balaban J connectivity index is 1.42. The number of nitrogens with zero attached hydrogens (tertiary/aromatic N) is 2. The van der Waals surface area contributed by atoms with Gasteiger partial charge in [0.2, 0.25) is 5.91 Å². The summed E-state index contributed by atoms with van der Waals surface area (Å²) in [5.41, 5.74) is 0.114. The number of thiazole rings is 1. The molecule has 10 heteroatoms. The van der Waals surface area contributed by atoms with Crippen molar-refractivity contribution >= 4 is 45.2 Å². The third-order valence-corrected chi connectivity index (χ3v) is 9.64. The van der Waals surface area contributed by atoms with Crippen LogP contribution in [0.3, 0.4) is 0 Å². The zero-order valence-corrected chi connectivity index (χ0v) is 26.3. The van der Waals surface area contributed by atoms with Gasteiger partial charge in [-0.1, -0.05) is 42.4 Å². The fourth-order valence-electron chi connectivity index (χ4n) is 6.40. The number of Topliss-reactive ketones (excluding diaryl/α,β-unsaturated/α-hetero) is 1. The first-order chi connectivity index (χ1) is 20.3. The summed E-state index contributed by atoms with van der Waals surface area (Å²) in [7, 11) is 0. The third-order valence-electron chi connectivity index (χ3n) is 8.73. The van der Waals surface area contributed by atoms with E-state index < -0.39 is 41.0 Å². The molecule has 2 fully saturated rings. The number of carboxylic acid groups (broad SMARTS) is 1. The second-order valence-corrected chi connectivity index (χ2v) is 14.4. The highest BCUT2D eigenvalue weighted by atomic mass is 32.1. The van der Waals surface area contributed by atoms with E-state index in [1.165, 1.54) is 11.3 Å². The summed E-state index contributed by atoms with van der Waals surface area (Å²) in [6.07, 6.45) is 7.77. The summed E-state index contributed by atoms with van der Waals surface area (Å²) in [6, 6.07) is 5.13. The predicted molar refractivity (Wildman–Crippen MR) is 163 cm³/mol. The van der Waals surface area contributed by atoms with Gasteiger partial charge in [-0.05, 0) is 77.0 Å². The van der Waals surface area contributed by atoms with E-state index in [1.807, 2.05) is 37.3 Å². The number of aryl methyl sites for hydroxylation is 1. The van der Waals surface area contributed by atoms with Crippen molar-refractivity contribution in [3.63, 3.8) is 0 Å². The lowest BCUT2D eigenvalue weighted by atomic mass is 9.91. The molecule has 3 heterocycles. The van der Waals surface area contributed by atoms with Gasteiger partial charge in [-0.25, -0.2) is 4.98 Å². The lowest BCUT2D eigenvalue weighted by Gasteiger charge is -2.29. The van der Waals surface area contributed by atoms with Gasteiger partial charge in [0, 0.05) is 18.8 Å². The number of aromatic nitrogens is 1. The van der Waals surface area contributed by atoms with Crippen molar-refractivity contribution in [2.75, 3.05) is 6.54 Å². The zero-order valence-electron chi connectivity index (χ0n) is 25.5. The quantitative estimate of drug-likeness (QED) is 0.329. The van der Waals surface area contributed by atoms with E-state index in [0.29, 0.717) is 18.0 Å². The number of aliphatic carboxylic acids is 1. The molecule has 1 aromatic carbocycles. The molecule has 1 N–H and O–H groups in total. The van der Waals surface area contributed by atoms with E-state index >= 15 is 0 Å². The molecule has 3 aliphatic rings. The normalized spacial score (nSPS) is 29.3. The number of esters is 1. The van der Waals surface area contributed by atoms with Gasteiger partial charge in [-0.15, -0.1) is 0 Å². The average molecular weight is 611 g/mol. The van der Waals surface area contributed by atoms with Gasteiger partial charge >= 0.3 is 11.9 Å². The van der Waals surface area contributed by atoms with E-state index in [4.69, 9.17) is 9.47 Å². The van der Waals surface area contributed by atoms with Crippen molar-refractivity contribution in [2.24, 2.45) is 17.3 Å². The van der Waals surface area contributed by atoms with Crippen LogP contribution in [0.15, 0.2) is 30.4 Å². The number of fused-ring (bicyclic) bond motifs is 3. The fraction of sp³-hybridized carbons (Fsp3) is 0.606. The monoisotopic (exact) mass is 610 g/mol. The molecule has 1 amide bonds. The highest BCUT2D eigenvalue weighted by Gasteiger charge is 2.61. The Hall–Kier alpha value is -3.27. The highest BCUT2D eigenvalue weighted by Crippen LogP contribution is 2.57. The number of carboxylic acids is 1. The minimum Gasteiger partial charge on any atom is -0.481 e.